The van der Waals surface area contributed by atoms with Crippen LogP contribution in [-0.2, 0) is 11.2 Å². The summed E-state index contributed by atoms with van der Waals surface area (Å²) in [6, 6.07) is 9.66. The van der Waals surface area contributed by atoms with Crippen molar-refractivity contribution < 1.29 is 9.53 Å². The second-order valence-corrected chi connectivity index (χ2v) is 3.21. The molecule has 3 nitrogen and oxygen atoms in total. The molecule has 1 aromatic rings. The van der Waals surface area contributed by atoms with Gasteiger partial charge in [-0.1, -0.05) is 30.3 Å². The lowest BCUT2D eigenvalue weighted by molar-refractivity contribution is 0.118. The third kappa shape index (κ3) is 3.66. The third-order valence-corrected chi connectivity index (χ3v) is 2.11. The van der Waals surface area contributed by atoms with Crippen LogP contribution in [0.15, 0.2) is 30.3 Å². The summed E-state index contributed by atoms with van der Waals surface area (Å²) in [5.41, 5.74) is 5.97. The molecule has 1 rings (SSSR count). The molecular formula is C10H12ClNO2. The summed E-state index contributed by atoms with van der Waals surface area (Å²) in [6.45, 7) is 0. The molecule has 0 aliphatic heterocycles. The summed E-state index contributed by atoms with van der Waals surface area (Å²) in [7, 11) is 0. The molecule has 0 fully saturated rings. The van der Waals surface area contributed by atoms with Gasteiger partial charge in [0.15, 0.2) is 0 Å². The number of nitrogens with two attached hydrogens (primary N) is 1. The fourth-order valence-electron chi connectivity index (χ4n) is 1.17. The van der Waals surface area contributed by atoms with E-state index >= 15 is 0 Å². The standard InChI is InChI=1S/C10H12ClNO2/c11-7-9(14-10(12)13)6-8-4-2-1-3-5-8/h1-5,9H,6-7H2,(H2,12,13). The van der Waals surface area contributed by atoms with Gasteiger partial charge in [0.05, 0.1) is 5.88 Å². The Kier molecular flexibility index (Phi) is 4.26. The average Bonchev–Trinajstić information content (AvgIpc) is 2.17. The van der Waals surface area contributed by atoms with Crippen molar-refractivity contribution in [1.82, 2.24) is 0 Å². The first-order valence-electron chi connectivity index (χ1n) is 4.28. The van der Waals surface area contributed by atoms with Gasteiger partial charge in [-0.25, -0.2) is 4.79 Å². The van der Waals surface area contributed by atoms with E-state index in [1.807, 2.05) is 30.3 Å². The van der Waals surface area contributed by atoms with Crippen molar-refractivity contribution in [2.75, 3.05) is 5.88 Å². The van der Waals surface area contributed by atoms with Gasteiger partial charge in [-0.15, -0.1) is 11.6 Å². The lowest BCUT2D eigenvalue weighted by atomic mass is 10.1. The van der Waals surface area contributed by atoms with Crippen LogP contribution in [-0.4, -0.2) is 18.1 Å². The fraction of sp³-hybridized carbons (Fsp3) is 0.300. The van der Waals surface area contributed by atoms with E-state index < -0.39 is 6.09 Å². The van der Waals surface area contributed by atoms with E-state index in [2.05, 4.69) is 0 Å². The number of ether oxygens (including phenoxy) is 1. The van der Waals surface area contributed by atoms with E-state index in [-0.39, 0.29) is 12.0 Å². The lowest BCUT2D eigenvalue weighted by Gasteiger charge is -2.13. The minimum absolute atomic E-state index is 0.248. The normalized spacial score (nSPS) is 12.1. The van der Waals surface area contributed by atoms with Crippen LogP contribution in [0.2, 0.25) is 0 Å². The zero-order valence-corrected chi connectivity index (χ0v) is 8.41. The first-order valence-corrected chi connectivity index (χ1v) is 4.82. The summed E-state index contributed by atoms with van der Waals surface area (Å²) < 4.78 is 4.81. The van der Waals surface area contributed by atoms with Crippen LogP contribution in [0.3, 0.4) is 0 Å². The van der Waals surface area contributed by atoms with E-state index in [9.17, 15) is 4.79 Å². The van der Waals surface area contributed by atoms with Crippen LogP contribution in [0.5, 0.6) is 0 Å². The Labute approximate surface area is 87.8 Å². The van der Waals surface area contributed by atoms with Gasteiger partial charge in [0, 0.05) is 6.42 Å². The molecule has 14 heavy (non-hydrogen) atoms. The van der Waals surface area contributed by atoms with Crippen LogP contribution >= 0.6 is 11.6 Å². The molecule has 0 aromatic heterocycles. The van der Waals surface area contributed by atoms with Gasteiger partial charge in [-0.2, -0.15) is 0 Å². The molecule has 0 bridgehead atoms. The average molecular weight is 214 g/mol. The molecule has 1 unspecified atom stereocenters. The summed E-state index contributed by atoms with van der Waals surface area (Å²) in [5, 5.41) is 0. The van der Waals surface area contributed by atoms with Gasteiger partial charge in [0.1, 0.15) is 6.10 Å². The van der Waals surface area contributed by atoms with E-state index in [4.69, 9.17) is 22.1 Å². The first kappa shape index (κ1) is 10.9. The van der Waals surface area contributed by atoms with Gasteiger partial charge in [-0.3, -0.25) is 0 Å². The molecule has 0 aliphatic carbocycles. The molecule has 0 saturated carbocycles. The number of halogens is 1. The van der Waals surface area contributed by atoms with Crippen molar-refractivity contribution in [3.63, 3.8) is 0 Å². The largest absolute Gasteiger partial charge is 0.445 e. The predicted octanol–water partition coefficient (Wildman–Crippen LogP) is 1.93. The fourth-order valence-corrected chi connectivity index (χ4v) is 1.34. The monoisotopic (exact) mass is 213 g/mol. The number of primary amides is 1. The highest BCUT2D eigenvalue weighted by atomic mass is 35.5. The summed E-state index contributed by atoms with van der Waals surface area (Å²) in [6.07, 6.45) is -0.545. The Morgan fingerprint density at radius 3 is 2.57 bits per heavy atom. The number of amides is 1. The topological polar surface area (TPSA) is 52.3 Å². The number of carbonyl (C=O) groups is 1. The van der Waals surface area contributed by atoms with Crippen molar-refractivity contribution in [3.8, 4) is 0 Å². The maximum Gasteiger partial charge on any atom is 0.404 e. The predicted molar refractivity (Wildman–Crippen MR) is 55.3 cm³/mol. The first-order chi connectivity index (χ1) is 6.72. The molecule has 1 amide bonds. The molecule has 1 atom stereocenters. The molecule has 76 valence electrons. The maximum atomic E-state index is 10.5. The Bertz CT molecular complexity index is 289. The second-order valence-electron chi connectivity index (χ2n) is 2.90. The second kappa shape index (κ2) is 5.50. The molecular weight excluding hydrogens is 202 g/mol. The Balaban J connectivity index is 2.53. The highest BCUT2D eigenvalue weighted by Gasteiger charge is 2.11. The molecule has 4 heteroatoms. The molecule has 0 saturated heterocycles. The Hall–Kier alpha value is -1.22. The van der Waals surface area contributed by atoms with Gasteiger partial charge < -0.3 is 10.5 Å². The molecule has 0 heterocycles. The number of rotatable bonds is 4. The SMILES string of the molecule is NC(=O)OC(CCl)Cc1ccccc1. The minimum Gasteiger partial charge on any atom is -0.445 e. The zero-order chi connectivity index (χ0) is 10.4. The van der Waals surface area contributed by atoms with E-state index in [1.165, 1.54) is 0 Å². The van der Waals surface area contributed by atoms with Crippen LogP contribution in [0, 0.1) is 0 Å². The van der Waals surface area contributed by atoms with E-state index in [1.54, 1.807) is 0 Å². The summed E-state index contributed by atoms with van der Waals surface area (Å²) >= 11 is 5.63. The van der Waals surface area contributed by atoms with Crippen LogP contribution in [0.25, 0.3) is 0 Å². The van der Waals surface area contributed by atoms with Gasteiger partial charge in [0.25, 0.3) is 0 Å². The number of hydrogen-bond donors (Lipinski definition) is 1. The smallest absolute Gasteiger partial charge is 0.404 e. The van der Waals surface area contributed by atoms with Gasteiger partial charge in [0.2, 0.25) is 0 Å². The van der Waals surface area contributed by atoms with Crippen molar-refractivity contribution >= 4 is 17.7 Å². The number of benzene rings is 1. The summed E-state index contributed by atoms with van der Waals surface area (Å²) in [5.74, 6) is 0.248. The molecule has 0 spiro atoms. The zero-order valence-electron chi connectivity index (χ0n) is 7.65. The third-order valence-electron chi connectivity index (χ3n) is 1.76. The maximum absolute atomic E-state index is 10.5. The van der Waals surface area contributed by atoms with E-state index in [0.717, 1.165) is 5.56 Å². The molecule has 1 aromatic carbocycles. The van der Waals surface area contributed by atoms with Crippen LogP contribution < -0.4 is 5.73 Å². The number of carbonyl (C=O) groups excluding carboxylic acids is 1. The molecule has 0 aliphatic rings. The minimum atomic E-state index is -0.786. The van der Waals surface area contributed by atoms with Crippen molar-refractivity contribution in [2.45, 2.75) is 12.5 Å². The highest BCUT2D eigenvalue weighted by Crippen LogP contribution is 2.07. The Morgan fingerprint density at radius 2 is 2.07 bits per heavy atom. The summed E-state index contributed by atoms with van der Waals surface area (Å²) in [4.78, 5) is 10.5. The quantitative estimate of drug-likeness (QED) is 0.778. The van der Waals surface area contributed by atoms with E-state index in [0.29, 0.717) is 6.42 Å². The highest BCUT2D eigenvalue weighted by molar-refractivity contribution is 6.18. The lowest BCUT2D eigenvalue weighted by Crippen LogP contribution is -2.25. The van der Waals surface area contributed by atoms with Crippen LogP contribution in [0.1, 0.15) is 5.56 Å². The number of hydrogen-bond acceptors (Lipinski definition) is 2. The molecule has 2 N–H and O–H groups in total. The van der Waals surface area contributed by atoms with Crippen molar-refractivity contribution in [2.24, 2.45) is 5.73 Å². The Morgan fingerprint density at radius 1 is 1.43 bits per heavy atom. The number of alkyl halides is 1. The van der Waals surface area contributed by atoms with Gasteiger partial charge in [-0.05, 0) is 5.56 Å². The van der Waals surface area contributed by atoms with Crippen molar-refractivity contribution in [1.29, 1.82) is 0 Å². The van der Waals surface area contributed by atoms with Crippen molar-refractivity contribution in [3.05, 3.63) is 35.9 Å². The van der Waals surface area contributed by atoms with Gasteiger partial charge >= 0.3 is 6.09 Å². The van der Waals surface area contributed by atoms with Crippen LogP contribution in [0.4, 0.5) is 4.79 Å². The molecule has 0 radical (unpaired) electrons.